The number of rotatable bonds is 4. The van der Waals surface area contributed by atoms with E-state index >= 15 is 0 Å². The first-order valence-electron chi connectivity index (χ1n) is 2.70. The molecule has 9 nitrogen and oxygen atoms in total. The number of hydrogen-bond donors (Lipinski definition) is 1. The van der Waals surface area contributed by atoms with E-state index in [-0.39, 0.29) is 72.5 Å². The summed E-state index contributed by atoms with van der Waals surface area (Å²) in [7, 11) is 0. The van der Waals surface area contributed by atoms with Crippen molar-refractivity contribution in [2.24, 2.45) is 5.73 Å². The molecule has 10 heteroatoms. The minimum absolute atomic E-state index is 0. The van der Waals surface area contributed by atoms with Crippen LogP contribution in [-0.4, -0.2) is 77.6 Å². The van der Waals surface area contributed by atoms with Crippen LogP contribution in [0, 0.1) is 0 Å². The van der Waals surface area contributed by atoms with Crippen molar-refractivity contribution in [3.63, 3.8) is 0 Å². The average Bonchev–Trinajstić information content (AvgIpc) is 1.82. The summed E-state index contributed by atoms with van der Waals surface area (Å²) in [6.07, 6.45) is -0.500. The molecule has 0 aromatic heterocycles. The molecule has 15 heavy (non-hydrogen) atoms. The normalized spacial score (nSPS) is 8.33. The molecule has 1 unspecified atom stereocenters. The third-order valence-electron chi connectivity index (χ3n) is 0.962. The molecular weight excluding hydrogens is 242 g/mol. The molecule has 1 atom stereocenters. The van der Waals surface area contributed by atoms with Gasteiger partial charge in [0.2, 0.25) is 0 Å². The Hall–Kier alpha value is -0.000260. The summed E-state index contributed by atoms with van der Waals surface area (Å²) in [6.45, 7) is 0. The molecule has 0 aliphatic heterocycles. The van der Waals surface area contributed by atoms with E-state index in [0.29, 0.717) is 0 Å². The van der Waals surface area contributed by atoms with Crippen molar-refractivity contribution in [1.29, 1.82) is 0 Å². The van der Waals surface area contributed by atoms with Crippen LogP contribution in [0.1, 0.15) is 12.8 Å². The monoisotopic (exact) mass is 257 g/mol. The Kier molecular flexibility index (Phi) is 47.3. The van der Waals surface area contributed by atoms with E-state index in [1.165, 1.54) is 0 Å². The molecule has 0 saturated carbocycles. The summed E-state index contributed by atoms with van der Waals surface area (Å²) < 4.78 is 0. The fourth-order valence-electron chi connectivity index (χ4n) is 0.391. The summed E-state index contributed by atoms with van der Waals surface area (Å²) >= 11 is 0. The first-order valence-corrected chi connectivity index (χ1v) is 2.70. The van der Waals surface area contributed by atoms with E-state index in [1.54, 1.807) is 0 Å². The molecular formula is C5H15CaNO8. The maximum absolute atomic E-state index is 9.86. The zero-order chi connectivity index (χ0) is 8.15. The second-order valence-electron chi connectivity index (χ2n) is 1.84. The van der Waals surface area contributed by atoms with Crippen LogP contribution < -0.4 is 15.9 Å². The van der Waals surface area contributed by atoms with Crippen LogP contribution in [-0.2, 0) is 9.59 Å². The van der Waals surface area contributed by atoms with Crippen LogP contribution in [0.4, 0.5) is 0 Å². The van der Waals surface area contributed by atoms with Crippen LogP contribution in [0.2, 0.25) is 0 Å². The minimum atomic E-state index is -1.44. The molecule has 0 aromatic rings. The number of carbonyl (C=O) groups is 2. The van der Waals surface area contributed by atoms with Gasteiger partial charge in [0.15, 0.2) is 0 Å². The van der Waals surface area contributed by atoms with E-state index in [9.17, 15) is 19.8 Å². The first kappa shape index (κ1) is 36.3. The van der Waals surface area contributed by atoms with Crippen LogP contribution in [0.25, 0.3) is 0 Å². The van der Waals surface area contributed by atoms with Gasteiger partial charge in [0.1, 0.15) is 0 Å². The number of nitrogens with two attached hydrogens (primary N) is 1. The van der Waals surface area contributed by atoms with Crippen LogP contribution in [0.15, 0.2) is 0 Å². The van der Waals surface area contributed by atoms with Crippen molar-refractivity contribution in [3.8, 4) is 0 Å². The predicted molar refractivity (Wildman–Crippen MR) is 47.4 cm³/mol. The predicted octanol–water partition coefficient (Wildman–Crippen LogP) is -7.09. The quantitative estimate of drug-likeness (QED) is 0.481. The van der Waals surface area contributed by atoms with Crippen LogP contribution in [0.3, 0.4) is 0 Å². The van der Waals surface area contributed by atoms with Gasteiger partial charge in [0, 0.05) is 12.0 Å². The van der Waals surface area contributed by atoms with Crippen molar-refractivity contribution in [3.05, 3.63) is 0 Å². The van der Waals surface area contributed by atoms with Crippen molar-refractivity contribution < 1.29 is 41.7 Å². The third kappa shape index (κ3) is 24.9. The Balaban J connectivity index is -0.0000000405. The van der Waals surface area contributed by atoms with Gasteiger partial charge in [0.05, 0.1) is 5.97 Å². The topological polar surface area (TPSA) is 232 Å². The van der Waals surface area contributed by atoms with E-state index in [2.05, 4.69) is 0 Å². The first-order chi connectivity index (χ1) is 4.54. The van der Waals surface area contributed by atoms with E-state index in [0.717, 1.165) is 0 Å². The molecule has 0 aromatic carbocycles. The zero-order valence-electron chi connectivity index (χ0n) is 7.91. The Labute approximate surface area is 115 Å². The SMILES string of the molecule is NC(CCC(=O)[O-])C(=O)[O-].O.O.O.O.[Ca+2]. The number of carbonyl (C=O) groups excluding carboxylic acids is 2. The Bertz CT molecular complexity index is 154. The molecule has 0 bridgehead atoms. The Morgan fingerprint density at radius 3 is 1.60 bits per heavy atom. The molecule has 0 amide bonds. The van der Waals surface area contributed by atoms with Gasteiger partial charge < -0.3 is 47.4 Å². The third-order valence-corrected chi connectivity index (χ3v) is 0.962. The smallest absolute Gasteiger partial charge is 0.550 e. The molecule has 0 fully saturated rings. The molecule has 0 aliphatic rings. The fourth-order valence-corrected chi connectivity index (χ4v) is 0.391. The van der Waals surface area contributed by atoms with Gasteiger partial charge in [0.25, 0.3) is 0 Å². The number of carboxylic acids is 2. The van der Waals surface area contributed by atoms with E-state index < -0.39 is 18.0 Å². The van der Waals surface area contributed by atoms with Gasteiger partial charge in [-0.2, -0.15) is 0 Å². The summed E-state index contributed by atoms with van der Waals surface area (Å²) in [5.74, 6) is -2.75. The number of carboxylic acid groups (broad SMARTS) is 2. The van der Waals surface area contributed by atoms with E-state index in [4.69, 9.17) is 5.73 Å². The van der Waals surface area contributed by atoms with Gasteiger partial charge in [-0.05, 0) is 12.8 Å². The van der Waals surface area contributed by atoms with Gasteiger partial charge in [-0.3, -0.25) is 0 Å². The van der Waals surface area contributed by atoms with Crippen molar-refractivity contribution in [2.75, 3.05) is 0 Å². The minimum Gasteiger partial charge on any atom is -0.550 e. The number of aliphatic carboxylic acids is 2. The molecule has 0 heterocycles. The van der Waals surface area contributed by atoms with Crippen molar-refractivity contribution >= 4 is 49.7 Å². The second-order valence-corrected chi connectivity index (χ2v) is 1.84. The summed E-state index contributed by atoms with van der Waals surface area (Å²) in [6, 6.07) is -1.21. The number of hydrogen-bond acceptors (Lipinski definition) is 5. The fraction of sp³-hybridized carbons (Fsp3) is 0.600. The van der Waals surface area contributed by atoms with Gasteiger partial charge in [-0.25, -0.2) is 0 Å². The molecule has 0 aliphatic carbocycles. The average molecular weight is 257 g/mol. The molecule has 90 valence electrons. The largest absolute Gasteiger partial charge is 2.00 e. The van der Waals surface area contributed by atoms with Crippen molar-refractivity contribution in [1.82, 2.24) is 0 Å². The van der Waals surface area contributed by atoms with Gasteiger partial charge >= 0.3 is 37.7 Å². The maximum atomic E-state index is 9.86. The van der Waals surface area contributed by atoms with Crippen LogP contribution >= 0.6 is 0 Å². The Morgan fingerprint density at radius 2 is 1.40 bits per heavy atom. The maximum Gasteiger partial charge on any atom is 2.00 e. The zero-order valence-corrected chi connectivity index (χ0v) is 10.1. The second kappa shape index (κ2) is 19.6. The standard InChI is InChI=1S/C5H9NO4.Ca.4H2O/c6-3(5(9)10)1-2-4(7)8;;;;;/h3H,1-2,6H2,(H,7,8)(H,9,10);;4*1H2/q;+2;;;;/p-2. The molecule has 10 N–H and O–H groups in total. The summed E-state index contributed by atoms with van der Waals surface area (Å²) in [4.78, 5) is 19.6. The van der Waals surface area contributed by atoms with Crippen molar-refractivity contribution in [2.45, 2.75) is 18.9 Å². The summed E-state index contributed by atoms with van der Waals surface area (Å²) in [5, 5.41) is 19.6. The van der Waals surface area contributed by atoms with Gasteiger partial charge in [-0.1, -0.05) is 0 Å². The van der Waals surface area contributed by atoms with E-state index in [1.807, 2.05) is 0 Å². The summed E-state index contributed by atoms with van der Waals surface area (Å²) in [5.41, 5.74) is 4.91. The van der Waals surface area contributed by atoms with Crippen LogP contribution in [0.5, 0.6) is 0 Å². The van der Waals surface area contributed by atoms with Gasteiger partial charge in [-0.15, -0.1) is 0 Å². The molecule has 0 saturated heterocycles. The molecule has 0 radical (unpaired) electrons. The Morgan fingerprint density at radius 1 is 1.07 bits per heavy atom. The molecule has 0 rings (SSSR count). The molecule has 0 spiro atoms.